The molecule has 78 valence electrons. The Hall–Kier alpha value is -0.280. The molecular weight excluding hydrogens is 219 g/mol. The first-order chi connectivity index (χ1) is 6.68. The van der Waals surface area contributed by atoms with Crippen molar-refractivity contribution < 1.29 is 13.6 Å². The summed E-state index contributed by atoms with van der Waals surface area (Å²) in [6.45, 7) is 0. The van der Waals surface area contributed by atoms with Gasteiger partial charge in [-0.3, -0.25) is 4.57 Å². The van der Waals surface area contributed by atoms with Crippen molar-refractivity contribution in [2.75, 3.05) is 20.5 Å². The van der Waals surface area contributed by atoms with Crippen LogP contribution in [-0.4, -0.2) is 20.5 Å². The van der Waals surface area contributed by atoms with Crippen LogP contribution in [0.5, 0.6) is 0 Å². The van der Waals surface area contributed by atoms with E-state index in [1.807, 2.05) is 24.5 Å². The largest absolute Gasteiger partial charge is 0.361 e. The first-order valence-corrected chi connectivity index (χ1v) is 6.79. The smallest absolute Gasteiger partial charge is 0.309 e. The van der Waals surface area contributed by atoms with E-state index in [1.165, 1.54) is 26.0 Å². The number of hydrogen-bond donors (Lipinski definition) is 0. The fourth-order valence-electron chi connectivity index (χ4n) is 1.13. The van der Waals surface area contributed by atoms with Crippen LogP contribution in [-0.2, 0) is 13.6 Å². The highest BCUT2D eigenvalue weighted by Gasteiger charge is 2.26. The van der Waals surface area contributed by atoms with Gasteiger partial charge < -0.3 is 9.05 Å². The van der Waals surface area contributed by atoms with Crippen molar-refractivity contribution in [2.24, 2.45) is 0 Å². The minimum atomic E-state index is -3.11. The molecule has 14 heavy (non-hydrogen) atoms. The SMILES string of the molecule is COP(=O)(OC)c1ccccc1SC. The first-order valence-electron chi connectivity index (χ1n) is 4.03. The van der Waals surface area contributed by atoms with Gasteiger partial charge in [-0.25, -0.2) is 0 Å². The van der Waals surface area contributed by atoms with Gasteiger partial charge in [-0.05, 0) is 18.4 Å². The summed E-state index contributed by atoms with van der Waals surface area (Å²) in [4.78, 5) is 0.916. The molecule has 0 N–H and O–H groups in total. The molecule has 1 aromatic rings. The van der Waals surface area contributed by atoms with Crippen molar-refractivity contribution in [1.82, 2.24) is 0 Å². The minimum absolute atomic E-state index is 0.623. The second-order valence-electron chi connectivity index (χ2n) is 2.53. The molecule has 0 saturated heterocycles. The van der Waals surface area contributed by atoms with Crippen molar-refractivity contribution >= 4 is 24.7 Å². The molecule has 0 heterocycles. The summed E-state index contributed by atoms with van der Waals surface area (Å²) in [5.41, 5.74) is 0. The van der Waals surface area contributed by atoms with Gasteiger partial charge in [0, 0.05) is 19.1 Å². The second-order valence-corrected chi connectivity index (χ2v) is 5.59. The molecule has 0 aliphatic heterocycles. The highest BCUT2D eigenvalue weighted by Crippen LogP contribution is 2.47. The highest BCUT2D eigenvalue weighted by atomic mass is 32.2. The molecule has 0 amide bonds. The van der Waals surface area contributed by atoms with Crippen LogP contribution in [0.4, 0.5) is 0 Å². The van der Waals surface area contributed by atoms with Gasteiger partial charge >= 0.3 is 7.60 Å². The molecule has 3 nitrogen and oxygen atoms in total. The first kappa shape index (κ1) is 11.8. The van der Waals surface area contributed by atoms with E-state index in [0.29, 0.717) is 5.30 Å². The lowest BCUT2D eigenvalue weighted by Crippen LogP contribution is -2.10. The third kappa shape index (κ3) is 2.20. The molecule has 0 radical (unpaired) electrons. The van der Waals surface area contributed by atoms with E-state index in [4.69, 9.17) is 9.05 Å². The summed E-state index contributed by atoms with van der Waals surface area (Å²) in [5, 5.41) is 0.623. The zero-order valence-electron chi connectivity index (χ0n) is 8.39. The molecular formula is C9H13O3PS. The molecule has 0 unspecified atom stereocenters. The Morgan fingerprint density at radius 2 is 1.79 bits per heavy atom. The van der Waals surface area contributed by atoms with Crippen LogP contribution >= 0.6 is 19.4 Å². The Balaban J connectivity index is 3.23. The van der Waals surface area contributed by atoms with Gasteiger partial charge in [-0.2, -0.15) is 0 Å². The normalized spacial score (nSPS) is 11.6. The van der Waals surface area contributed by atoms with Gasteiger partial charge in [-0.15, -0.1) is 11.8 Å². The molecule has 0 aliphatic rings. The number of thioether (sulfide) groups is 1. The minimum Gasteiger partial charge on any atom is -0.309 e. The topological polar surface area (TPSA) is 35.5 Å². The number of rotatable bonds is 4. The van der Waals surface area contributed by atoms with Crippen molar-refractivity contribution in [2.45, 2.75) is 4.90 Å². The van der Waals surface area contributed by atoms with Crippen LogP contribution < -0.4 is 5.30 Å². The van der Waals surface area contributed by atoms with Gasteiger partial charge in [0.25, 0.3) is 0 Å². The van der Waals surface area contributed by atoms with Gasteiger partial charge in [0.1, 0.15) is 0 Å². The number of hydrogen-bond acceptors (Lipinski definition) is 4. The van der Waals surface area contributed by atoms with Gasteiger partial charge in [0.15, 0.2) is 0 Å². The summed E-state index contributed by atoms with van der Waals surface area (Å²) in [6, 6.07) is 7.37. The zero-order chi connectivity index (χ0) is 10.6. The molecule has 1 rings (SSSR count). The van der Waals surface area contributed by atoms with Crippen molar-refractivity contribution in [1.29, 1.82) is 0 Å². The van der Waals surface area contributed by atoms with Crippen LogP contribution in [0.3, 0.4) is 0 Å². The Kier molecular flexibility index (Phi) is 4.20. The summed E-state index contributed by atoms with van der Waals surface area (Å²) in [6.07, 6.45) is 1.93. The average Bonchev–Trinajstić information content (AvgIpc) is 2.28. The lowest BCUT2D eigenvalue weighted by atomic mass is 10.4. The van der Waals surface area contributed by atoms with E-state index in [9.17, 15) is 4.57 Å². The van der Waals surface area contributed by atoms with Crippen molar-refractivity contribution in [3.05, 3.63) is 24.3 Å². The fourth-order valence-corrected chi connectivity index (χ4v) is 3.38. The molecule has 0 aliphatic carbocycles. The second kappa shape index (κ2) is 4.99. The number of benzene rings is 1. The maximum absolute atomic E-state index is 12.1. The van der Waals surface area contributed by atoms with E-state index >= 15 is 0 Å². The molecule has 1 aromatic carbocycles. The lowest BCUT2D eigenvalue weighted by Gasteiger charge is -2.15. The lowest BCUT2D eigenvalue weighted by molar-refractivity contribution is 0.287. The predicted molar refractivity (Wildman–Crippen MR) is 59.5 cm³/mol. The van der Waals surface area contributed by atoms with Crippen LogP contribution in [0.25, 0.3) is 0 Å². The van der Waals surface area contributed by atoms with Crippen LogP contribution in [0, 0.1) is 0 Å². The average molecular weight is 232 g/mol. The summed E-state index contributed by atoms with van der Waals surface area (Å²) in [5.74, 6) is 0. The maximum atomic E-state index is 12.1. The third-order valence-corrected chi connectivity index (χ3v) is 4.75. The monoisotopic (exact) mass is 232 g/mol. The Morgan fingerprint density at radius 3 is 2.29 bits per heavy atom. The van der Waals surface area contributed by atoms with Gasteiger partial charge in [0.05, 0.1) is 5.30 Å². The Labute approximate surface area is 88.3 Å². The maximum Gasteiger partial charge on any atom is 0.361 e. The van der Waals surface area contributed by atoms with Crippen LogP contribution in [0.1, 0.15) is 0 Å². The molecule has 5 heteroatoms. The molecule has 0 bridgehead atoms. The summed E-state index contributed by atoms with van der Waals surface area (Å²) >= 11 is 1.52. The van der Waals surface area contributed by atoms with E-state index in [1.54, 1.807) is 6.07 Å². The summed E-state index contributed by atoms with van der Waals surface area (Å²) in [7, 11) is -0.328. The Bertz CT molecular complexity index is 346. The standard InChI is InChI=1S/C9H13O3PS/c1-11-13(10,12-2)8-6-4-5-7-9(8)14-3/h4-7H,1-3H3. The van der Waals surface area contributed by atoms with Crippen molar-refractivity contribution in [3.63, 3.8) is 0 Å². The third-order valence-electron chi connectivity index (χ3n) is 1.86. The quantitative estimate of drug-likeness (QED) is 0.590. The van der Waals surface area contributed by atoms with E-state index in [-0.39, 0.29) is 0 Å². The van der Waals surface area contributed by atoms with E-state index < -0.39 is 7.60 Å². The molecule has 0 saturated carbocycles. The van der Waals surface area contributed by atoms with Gasteiger partial charge in [-0.1, -0.05) is 12.1 Å². The van der Waals surface area contributed by atoms with E-state index in [2.05, 4.69) is 0 Å². The molecule has 0 aromatic heterocycles. The molecule has 0 spiro atoms. The van der Waals surface area contributed by atoms with Crippen LogP contribution in [0.15, 0.2) is 29.2 Å². The van der Waals surface area contributed by atoms with Crippen LogP contribution in [0.2, 0.25) is 0 Å². The van der Waals surface area contributed by atoms with Crippen molar-refractivity contribution in [3.8, 4) is 0 Å². The molecule has 0 fully saturated rings. The fraction of sp³-hybridized carbons (Fsp3) is 0.333. The van der Waals surface area contributed by atoms with Gasteiger partial charge in [0.2, 0.25) is 0 Å². The molecule has 0 atom stereocenters. The highest BCUT2D eigenvalue weighted by molar-refractivity contribution is 7.99. The van der Waals surface area contributed by atoms with E-state index in [0.717, 1.165) is 4.90 Å². The summed E-state index contributed by atoms with van der Waals surface area (Å²) < 4.78 is 21.9. The predicted octanol–water partition coefficient (Wildman–Crippen LogP) is 2.52. The zero-order valence-corrected chi connectivity index (χ0v) is 10.1. The Morgan fingerprint density at radius 1 is 1.21 bits per heavy atom.